The first-order chi connectivity index (χ1) is 10.4. The van der Waals surface area contributed by atoms with Gasteiger partial charge in [-0.1, -0.05) is 44.6 Å². The first-order valence-corrected chi connectivity index (χ1v) is 11.2. The lowest BCUT2D eigenvalue weighted by Crippen LogP contribution is -2.38. The molecule has 0 aliphatic carbocycles. The third kappa shape index (κ3) is 23.3. The molecule has 0 bridgehead atoms. The summed E-state index contributed by atoms with van der Waals surface area (Å²) < 4.78 is 122. The zero-order chi connectivity index (χ0) is 19.4. The minimum absolute atomic E-state index is 0. The Kier molecular flexibility index (Phi) is 26.2. The van der Waals surface area contributed by atoms with Gasteiger partial charge in [0.2, 0.25) is 5.94 Å². The van der Waals surface area contributed by atoms with Crippen molar-refractivity contribution in [2.24, 2.45) is 0 Å². The van der Waals surface area contributed by atoms with Crippen LogP contribution in [0.15, 0.2) is 0 Å². The van der Waals surface area contributed by atoms with E-state index in [0.29, 0.717) is 0 Å². The summed E-state index contributed by atoms with van der Waals surface area (Å²) in [7, 11) is -20.3. The Morgan fingerprint density at radius 1 is 0.633 bits per heavy atom. The largest absolute Gasteiger partial charge is 0.444 e. The molecule has 30 heavy (non-hydrogen) atoms. The molecule has 0 saturated carbocycles. The number of esters is 1. The Bertz CT molecular complexity index is 869. The molecule has 0 rings (SSSR count). The Balaban J connectivity index is -0.000000176. The molecular formula is C11H34O15S4. The average Bonchev–Trinajstić information content (AvgIpc) is 2.31. The van der Waals surface area contributed by atoms with Crippen LogP contribution in [0.2, 0.25) is 0 Å². The molecule has 15 nitrogen and oxygen atoms in total. The van der Waals surface area contributed by atoms with E-state index in [1.54, 1.807) is 0 Å². The van der Waals surface area contributed by atoms with E-state index in [9.17, 15) is 38.5 Å². The topological polar surface area (TPSA) is 242 Å². The fraction of sp³-hybridized carbons (Fsp3) is 0.909. The Morgan fingerprint density at radius 2 is 0.967 bits per heavy atom. The molecule has 0 aliphatic rings. The van der Waals surface area contributed by atoms with Crippen LogP contribution in [0, 0.1) is 0 Å². The first-order valence-electron chi connectivity index (χ1n) is 4.95. The molecular weight excluding hydrogens is 500 g/mol. The average molecular weight is 535 g/mol. The van der Waals surface area contributed by atoms with Gasteiger partial charge < -0.3 is 9.47 Å². The molecule has 3 N–H and O–H groups in total. The van der Waals surface area contributed by atoms with Crippen LogP contribution in [0.5, 0.6) is 0 Å². The van der Waals surface area contributed by atoms with Crippen LogP contribution in [-0.4, -0.2) is 76.6 Å². The summed E-state index contributed by atoms with van der Waals surface area (Å²) in [5.74, 6) is -7.60. The van der Waals surface area contributed by atoms with Crippen molar-refractivity contribution in [1.29, 1.82) is 0 Å². The maximum Gasteiger partial charge on any atom is 0.355 e. The van der Waals surface area contributed by atoms with Crippen molar-refractivity contribution < 1.29 is 65.8 Å². The third-order valence-corrected chi connectivity index (χ3v) is 4.25. The predicted molar refractivity (Wildman–Crippen MR) is 111 cm³/mol. The summed E-state index contributed by atoms with van der Waals surface area (Å²) in [5.41, 5.74) is -3.07. The molecule has 0 heterocycles. The highest BCUT2D eigenvalue weighted by Crippen LogP contribution is 2.11. The van der Waals surface area contributed by atoms with Gasteiger partial charge in [0.15, 0.2) is 11.9 Å². The molecule has 1 unspecified atom stereocenters. The van der Waals surface area contributed by atoms with Crippen LogP contribution in [0.1, 0.15) is 44.6 Å². The van der Waals surface area contributed by atoms with E-state index in [-0.39, 0.29) is 44.6 Å². The maximum absolute atomic E-state index is 11.5. The normalized spacial score (nSPS) is 12.0. The van der Waals surface area contributed by atoms with Crippen molar-refractivity contribution in [3.05, 3.63) is 0 Å². The third-order valence-electron chi connectivity index (χ3n) is 1.53. The second kappa shape index (κ2) is 16.7. The van der Waals surface area contributed by atoms with Crippen LogP contribution < -0.4 is 0 Å². The Morgan fingerprint density at radius 3 is 1.27 bits per heavy atom. The SMILES string of the molecule is C.C.C.C.C.C.O=C(OCS(=O)(=O)O)C(OCS(=O)(=O)O)S(=O)(=O)OCS(=O)(=O)O. The van der Waals surface area contributed by atoms with Crippen molar-refractivity contribution in [2.45, 2.75) is 50.0 Å². The maximum atomic E-state index is 11.5. The summed E-state index contributed by atoms with van der Waals surface area (Å²) in [6, 6.07) is 0. The summed E-state index contributed by atoms with van der Waals surface area (Å²) in [6.45, 7) is 0. The van der Waals surface area contributed by atoms with Crippen LogP contribution in [0.4, 0.5) is 0 Å². The number of carbonyl (C=O) groups excluding carboxylic acids is 1. The number of ether oxygens (including phenoxy) is 2. The van der Waals surface area contributed by atoms with Crippen LogP contribution in [0.25, 0.3) is 0 Å². The molecule has 0 aromatic heterocycles. The van der Waals surface area contributed by atoms with Crippen LogP contribution in [0.3, 0.4) is 0 Å². The quantitative estimate of drug-likeness (QED) is 0.197. The predicted octanol–water partition coefficient (Wildman–Crippen LogP) is 0.571. The lowest BCUT2D eigenvalue weighted by Gasteiger charge is -2.15. The van der Waals surface area contributed by atoms with E-state index >= 15 is 0 Å². The molecule has 0 saturated heterocycles. The first kappa shape index (κ1) is 47.0. The monoisotopic (exact) mass is 534 g/mol. The number of hydrogen-bond donors (Lipinski definition) is 3. The van der Waals surface area contributed by atoms with Gasteiger partial charge in [0.05, 0.1) is 0 Å². The highest BCUT2D eigenvalue weighted by molar-refractivity contribution is 7.90. The van der Waals surface area contributed by atoms with E-state index in [2.05, 4.69) is 13.7 Å². The van der Waals surface area contributed by atoms with Gasteiger partial charge in [-0.3, -0.25) is 13.7 Å². The number of rotatable bonds is 10. The molecule has 0 spiro atoms. The molecule has 192 valence electrons. The summed E-state index contributed by atoms with van der Waals surface area (Å²) in [4.78, 5) is 11.4. The molecule has 0 fully saturated rings. The van der Waals surface area contributed by atoms with Gasteiger partial charge in [0.25, 0.3) is 25.7 Å². The van der Waals surface area contributed by atoms with Gasteiger partial charge in [-0.2, -0.15) is 33.7 Å². The molecule has 1 atom stereocenters. The zero-order valence-electron chi connectivity index (χ0n) is 11.1. The highest BCUT2D eigenvalue weighted by atomic mass is 32.2. The van der Waals surface area contributed by atoms with Gasteiger partial charge in [0.1, 0.15) is 0 Å². The van der Waals surface area contributed by atoms with Crippen molar-refractivity contribution >= 4 is 46.4 Å². The fourth-order valence-electron chi connectivity index (χ4n) is 0.807. The lowest BCUT2D eigenvalue weighted by atomic mass is 10.7. The molecule has 0 aromatic rings. The minimum Gasteiger partial charge on any atom is -0.444 e. The van der Waals surface area contributed by atoms with E-state index in [1.807, 2.05) is 0 Å². The second-order valence-corrected chi connectivity index (χ2v) is 9.52. The molecule has 0 aromatic carbocycles. The van der Waals surface area contributed by atoms with Crippen molar-refractivity contribution in [3.8, 4) is 0 Å². The highest BCUT2D eigenvalue weighted by Gasteiger charge is 2.39. The van der Waals surface area contributed by atoms with E-state index in [1.165, 1.54) is 0 Å². The lowest BCUT2D eigenvalue weighted by molar-refractivity contribution is -0.149. The van der Waals surface area contributed by atoms with Gasteiger partial charge in [-0.15, -0.1) is 0 Å². The Hall–Kier alpha value is -0.930. The summed E-state index contributed by atoms with van der Waals surface area (Å²) in [5, 5.41) is 0. The second-order valence-electron chi connectivity index (χ2n) is 3.67. The molecule has 0 amide bonds. The number of hydrogen-bond acceptors (Lipinski definition) is 12. The zero-order valence-corrected chi connectivity index (χ0v) is 14.3. The van der Waals surface area contributed by atoms with Gasteiger partial charge >= 0.3 is 26.2 Å². The van der Waals surface area contributed by atoms with Gasteiger partial charge in [-0.25, -0.2) is 8.98 Å². The van der Waals surface area contributed by atoms with Crippen molar-refractivity contribution in [1.82, 2.24) is 0 Å². The standard InChI is InChI=1S/C5H10O15S4.6CH4/c6-4(18-1-21(7,8)9)5(19-2-22(10,11)12)24(16,17)20-3-23(13,14)15;;;;;;/h5H,1-3H2,(H,7,8,9)(H,10,11,12)(H,13,14,15);6*1H4. The molecule has 0 radical (unpaired) electrons. The van der Waals surface area contributed by atoms with E-state index < -0.39 is 69.7 Å². The Labute approximate surface area is 180 Å². The minimum atomic E-state index is -5.43. The van der Waals surface area contributed by atoms with Crippen molar-refractivity contribution in [3.63, 3.8) is 0 Å². The van der Waals surface area contributed by atoms with Gasteiger partial charge in [0, 0.05) is 0 Å². The van der Waals surface area contributed by atoms with Crippen LogP contribution >= 0.6 is 0 Å². The van der Waals surface area contributed by atoms with Gasteiger partial charge in [-0.05, 0) is 0 Å². The molecule has 19 heteroatoms. The molecule has 0 aliphatic heterocycles. The summed E-state index contributed by atoms with van der Waals surface area (Å²) >= 11 is 0. The number of carbonyl (C=O) groups is 1. The fourth-order valence-corrected chi connectivity index (χ4v) is 3.15. The van der Waals surface area contributed by atoms with Crippen LogP contribution in [-0.2, 0) is 58.9 Å². The van der Waals surface area contributed by atoms with Crippen molar-refractivity contribution in [2.75, 3.05) is 17.8 Å². The smallest absolute Gasteiger partial charge is 0.355 e. The van der Waals surface area contributed by atoms with E-state index in [4.69, 9.17) is 13.7 Å². The summed E-state index contributed by atoms with van der Waals surface area (Å²) in [6.07, 6.45) is 0. The van der Waals surface area contributed by atoms with E-state index in [0.717, 1.165) is 0 Å².